The van der Waals surface area contributed by atoms with Gasteiger partial charge in [0.1, 0.15) is 12.7 Å². The van der Waals surface area contributed by atoms with Crippen LogP contribution in [0.1, 0.15) is 29.9 Å². The minimum absolute atomic E-state index is 0.0493. The summed E-state index contributed by atoms with van der Waals surface area (Å²) in [7, 11) is 0. The van der Waals surface area contributed by atoms with Crippen LogP contribution in [0.2, 0.25) is 0 Å². The number of benzene rings is 2. The second-order valence-electron chi connectivity index (χ2n) is 6.39. The first-order chi connectivity index (χ1) is 11.8. The number of hydrogen-bond acceptors (Lipinski definition) is 3. The summed E-state index contributed by atoms with van der Waals surface area (Å²) >= 11 is 0. The molecular weight excluding hydrogens is 302 g/mol. The third kappa shape index (κ3) is 2.96. The molecule has 0 fully saturated rings. The van der Waals surface area contributed by atoms with Crippen LogP contribution < -0.4 is 14.8 Å². The van der Waals surface area contributed by atoms with Gasteiger partial charge >= 0.3 is 0 Å². The van der Waals surface area contributed by atoms with Gasteiger partial charge in [0.15, 0.2) is 11.5 Å². The van der Waals surface area contributed by atoms with Gasteiger partial charge in [0.25, 0.3) is 0 Å². The van der Waals surface area contributed by atoms with E-state index in [1.165, 1.54) is 11.1 Å². The molecule has 24 heavy (non-hydrogen) atoms. The summed E-state index contributed by atoms with van der Waals surface area (Å²) in [6.45, 7) is 0.921. The summed E-state index contributed by atoms with van der Waals surface area (Å²) < 4.78 is 11.6. The summed E-state index contributed by atoms with van der Waals surface area (Å²) in [4.78, 5) is 12.6. The van der Waals surface area contributed by atoms with Crippen molar-refractivity contribution in [1.82, 2.24) is 5.32 Å². The molecule has 2 aliphatic rings. The number of nitrogens with one attached hydrogen (secondary N) is 1. The Labute approximate surface area is 141 Å². The highest BCUT2D eigenvalue weighted by Gasteiger charge is 2.27. The van der Waals surface area contributed by atoms with Crippen LogP contribution in [0.5, 0.6) is 11.5 Å². The number of aryl methyl sites for hydroxylation is 1. The molecule has 2 aromatic carbocycles. The molecule has 0 spiro atoms. The summed E-state index contributed by atoms with van der Waals surface area (Å²) in [6, 6.07) is 15.9. The zero-order valence-electron chi connectivity index (χ0n) is 13.5. The van der Waals surface area contributed by atoms with E-state index in [1.807, 2.05) is 36.4 Å². The topological polar surface area (TPSA) is 47.6 Å². The number of rotatable bonds is 3. The van der Waals surface area contributed by atoms with Gasteiger partial charge < -0.3 is 14.8 Å². The Hall–Kier alpha value is -2.49. The van der Waals surface area contributed by atoms with E-state index >= 15 is 0 Å². The molecule has 2 atom stereocenters. The van der Waals surface area contributed by atoms with E-state index in [0.717, 1.165) is 30.8 Å². The van der Waals surface area contributed by atoms with Crippen LogP contribution in [0.4, 0.5) is 0 Å². The zero-order valence-corrected chi connectivity index (χ0v) is 13.5. The molecule has 2 aromatic rings. The average molecular weight is 323 g/mol. The first-order valence-corrected chi connectivity index (χ1v) is 8.55. The molecule has 4 nitrogen and oxygen atoms in total. The number of para-hydroxylation sites is 2. The fourth-order valence-corrected chi connectivity index (χ4v) is 3.53. The van der Waals surface area contributed by atoms with Crippen LogP contribution in [0.15, 0.2) is 48.5 Å². The molecule has 0 bridgehead atoms. The van der Waals surface area contributed by atoms with E-state index in [0.29, 0.717) is 13.2 Å². The van der Waals surface area contributed by atoms with Crippen LogP contribution >= 0.6 is 0 Å². The van der Waals surface area contributed by atoms with Crippen molar-refractivity contribution in [1.29, 1.82) is 0 Å². The van der Waals surface area contributed by atoms with E-state index in [2.05, 4.69) is 17.4 Å². The third-order valence-corrected chi connectivity index (χ3v) is 4.76. The molecule has 1 N–H and O–H groups in total. The summed E-state index contributed by atoms with van der Waals surface area (Å²) in [5.74, 6) is 1.55. The molecule has 1 aliphatic carbocycles. The van der Waals surface area contributed by atoms with E-state index in [9.17, 15) is 4.79 Å². The highest BCUT2D eigenvalue weighted by Crippen LogP contribution is 2.32. The molecular formula is C20H21NO3. The molecule has 4 heteroatoms. The maximum atomic E-state index is 12.6. The van der Waals surface area contributed by atoms with Crippen LogP contribution in [0.3, 0.4) is 0 Å². The minimum Gasteiger partial charge on any atom is -0.486 e. The third-order valence-electron chi connectivity index (χ3n) is 4.76. The maximum absolute atomic E-state index is 12.6. The van der Waals surface area contributed by atoms with Crippen molar-refractivity contribution >= 4 is 5.91 Å². The molecule has 124 valence electrons. The van der Waals surface area contributed by atoms with Gasteiger partial charge in [-0.3, -0.25) is 4.79 Å². The molecule has 1 aliphatic heterocycles. The first kappa shape index (κ1) is 15.1. The Morgan fingerprint density at radius 1 is 1.08 bits per heavy atom. The number of ether oxygens (including phenoxy) is 2. The predicted molar refractivity (Wildman–Crippen MR) is 91.5 cm³/mol. The predicted octanol–water partition coefficient (Wildman–Crippen LogP) is 3.06. The van der Waals surface area contributed by atoms with E-state index in [4.69, 9.17) is 9.47 Å². The number of carbonyl (C=O) groups is 1. The Balaban J connectivity index is 1.38. The smallest absolute Gasteiger partial charge is 0.227 e. The molecule has 1 heterocycles. The average Bonchev–Trinajstić information content (AvgIpc) is 2.65. The Morgan fingerprint density at radius 3 is 2.79 bits per heavy atom. The second-order valence-corrected chi connectivity index (χ2v) is 6.39. The number of hydrogen-bond donors (Lipinski definition) is 1. The first-order valence-electron chi connectivity index (χ1n) is 8.55. The van der Waals surface area contributed by atoms with Crippen molar-refractivity contribution in [2.75, 3.05) is 13.2 Å². The molecule has 1 amide bonds. The van der Waals surface area contributed by atoms with Crippen molar-refractivity contribution < 1.29 is 14.3 Å². The SMILES string of the molecule is O=C(NCC1COc2ccccc2O1)C1CCCc2ccccc21. The van der Waals surface area contributed by atoms with Crippen molar-refractivity contribution in [3.8, 4) is 11.5 Å². The van der Waals surface area contributed by atoms with Gasteiger partial charge in [-0.15, -0.1) is 0 Å². The number of amides is 1. The standard InChI is InChI=1S/C20H21NO3/c22-20(17-9-5-7-14-6-1-2-8-16(14)17)21-12-15-13-23-18-10-3-4-11-19(18)24-15/h1-4,6,8,10-11,15,17H,5,7,9,12-13H2,(H,21,22). The summed E-state index contributed by atoms with van der Waals surface area (Å²) in [6.07, 6.45) is 2.89. The van der Waals surface area contributed by atoms with Gasteiger partial charge in [0, 0.05) is 0 Å². The highest BCUT2D eigenvalue weighted by molar-refractivity contribution is 5.84. The van der Waals surface area contributed by atoms with Gasteiger partial charge in [-0.25, -0.2) is 0 Å². The molecule has 0 saturated carbocycles. The largest absolute Gasteiger partial charge is 0.486 e. The van der Waals surface area contributed by atoms with Crippen LogP contribution in [0, 0.1) is 0 Å². The maximum Gasteiger partial charge on any atom is 0.227 e. The summed E-state index contributed by atoms with van der Waals surface area (Å²) in [5.41, 5.74) is 2.47. The van der Waals surface area contributed by atoms with E-state index in [-0.39, 0.29) is 17.9 Å². The molecule has 0 saturated heterocycles. The number of fused-ring (bicyclic) bond motifs is 2. The van der Waals surface area contributed by atoms with Crippen LogP contribution in [-0.4, -0.2) is 25.2 Å². The second kappa shape index (κ2) is 6.56. The lowest BCUT2D eigenvalue weighted by atomic mass is 9.82. The lowest BCUT2D eigenvalue weighted by Gasteiger charge is -2.28. The fourth-order valence-electron chi connectivity index (χ4n) is 3.53. The lowest BCUT2D eigenvalue weighted by Crippen LogP contribution is -2.42. The van der Waals surface area contributed by atoms with Crippen molar-refractivity contribution in [3.63, 3.8) is 0 Å². The van der Waals surface area contributed by atoms with Gasteiger partial charge in [0.2, 0.25) is 5.91 Å². The zero-order chi connectivity index (χ0) is 16.4. The van der Waals surface area contributed by atoms with Gasteiger partial charge in [-0.2, -0.15) is 0 Å². The van der Waals surface area contributed by atoms with E-state index in [1.54, 1.807) is 0 Å². The van der Waals surface area contributed by atoms with Crippen molar-refractivity contribution in [2.24, 2.45) is 0 Å². The molecule has 4 rings (SSSR count). The van der Waals surface area contributed by atoms with Crippen molar-refractivity contribution in [3.05, 3.63) is 59.7 Å². The Morgan fingerprint density at radius 2 is 1.88 bits per heavy atom. The number of carbonyl (C=O) groups excluding carboxylic acids is 1. The normalized spacial score (nSPS) is 21.7. The van der Waals surface area contributed by atoms with Gasteiger partial charge in [0.05, 0.1) is 12.5 Å². The fraction of sp³-hybridized carbons (Fsp3) is 0.350. The van der Waals surface area contributed by atoms with Crippen LogP contribution in [-0.2, 0) is 11.2 Å². The molecule has 0 radical (unpaired) electrons. The highest BCUT2D eigenvalue weighted by atomic mass is 16.6. The quantitative estimate of drug-likeness (QED) is 0.944. The Bertz CT molecular complexity index is 743. The minimum atomic E-state index is -0.150. The molecule has 2 unspecified atom stereocenters. The van der Waals surface area contributed by atoms with Gasteiger partial charge in [-0.1, -0.05) is 36.4 Å². The van der Waals surface area contributed by atoms with Crippen LogP contribution in [0.25, 0.3) is 0 Å². The summed E-state index contributed by atoms with van der Waals surface area (Å²) in [5, 5.41) is 3.05. The Kier molecular flexibility index (Phi) is 4.11. The van der Waals surface area contributed by atoms with Crippen molar-refractivity contribution in [2.45, 2.75) is 31.3 Å². The lowest BCUT2D eigenvalue weighted by molar-refractivity contribution is -0.123. The monoisotopic (exact) mass is 323 g/mol. The molecule has 0 aromatic heterocycles. The van der Waals surface area contributed by atoms with E-state index < -0.39 is 0 Å². The van der Waals surface area contributed by atoms with Gasteiger partial charge in [-0.05, 0) is 42.5 Å².